The molecule has 150 valence electrons. The van der Waals surface area contributed by atoms with E-state index in [0.717, 1.165) is 38.3 Å². The molecule has 2 aliphatic rings. The number of nitrogens with two attached hydrogens (primary N) is 2. The van der Waals surface area contributed by atoms with Crippen LogP contribution in [0.3, 0.4) is 0 Å². The first kappa shape index (κ1) is 18.7. The van der Waals surface area contributed by atoms with Gasteiger partial charge in [-0.15, -0.1) is 0 Å². The lowest BCUT2D eigenvalue weighted by Crippen LogP contribution is -2.37. The number of hydrogen-bond donors (Lipinski definition) is 3. The monoisotopic (exact) mass is 392 g/mol. The summed E-state index contributed by atoms with van der Waals surface area (Å²) in [5.74, 6) is -3.39. The Labute approximate surface area is 159 Å². The molecular weight excluding hydrogens is 370 g/mol. The highest BCUT2D eigenvalue weighted by Crippen LogP contribution is 2.41. The molecule has 1 saturated carbocycles. The van der Waals surface area contributed by atoms with E-state index >= 15 is 8.78 Å². The second-order valence-electron chi connectivity index (χ2n) is 7.63. The van der Waals surface area contributed by atoms with Crippen LogP contribution in [0.25, 0.3) is 10.9 Å². The largest absolute Gasteiger partial charge is 0.477 e. The standard InChI is InChI=1S/C19H22F2N4O3/c20-13-15(23)12-16(14(21)17(13)24-6-2-1-3-9(22)7-24)25(10-4-5-10)8-11(18(12)26)19(27)28/h8-10H,1-7,22-23H2,(H,27,28). The third-order valence-corrected chi connectivity index (χ3v) is 5.56. The van der Waals surface area contributed by atoms with Crippen molar-refractivity contribution >= 4 is 28.2 Å². The van der Waals surface area contributed by atoms with Crippen LogP contribution >= 0.6 is 0 Å². The normalized spacial score (nSPS) is 20.4. The summed E-state index contributed by atoms with van der Waals surface area (Å²) in [6, 6.07) is -0.363. The number of pyridine rings is 1. The first-order valence-corrected chi connectivity index (χ1v) is 9.40. The number of aromatic carboxylic acids is 1. The van der Waals surface area contributed by atoms with Crippen molar-refractivity contribution in [1.29, 1.82) is 0 Å². The molecule has 0 amide bonds. The molecule has 5 N–H and O–H groups in total. The van der Waals surface area contributed by atoms with Crippen LogP contribution in [0.4, 0.5) is 20.2 Å². The third kappa shape index (κ3) is 2.90. The molecule has 28 heavy (non-hydrogen) atoms. The van der Waals surface area contributed by atoms with E-state index in [4.69, 9.17) is 11.5 Å². The van der Waals surface area contributed by atoms with Crippen LogP contribution in [0.5, 0.6) is 0 Å². The minimum atomic E-state index is -1.45. The minimum absolute atomic E-state index is 0.135. The summed E-state index contributed by atoms with van der Waals surface area (Å²) in [7, 11) is 0. The van der Waals surface area contributed by atoms with Crippen LogP contribution < -0.4 is 21.8 Å². The lowest BCUT2D eigenvalue weighted by atomic mass is 10.1. The predicted octanol–water partition coefficient (Wildman–Crippen LogP) is 2.21. The molecule has 0 bridgehead atoms. The molecule has 1 aromatic heterocycles. The zero-order chi connectivity index (χ0) is 20.2. The van der Waals surface area contributed by atoms with E-state index in [1.165, 1.54) is 4.57 Å². The van der Waals surface area contributed by atoms with Crippen molar-refractivity contribution in [2.24, 2.45) is 5.73 Å². The van der Waals surface area contributed by atoms with Crippen molar-refractivity contribution in [3.05, 3.63) is 33.6 Å². The molecule has 0 radical (unpaired) electrons. The van der Waals surface area contributed by atoms with Crippen LogP contribution in [0.1, 0.15) is 48.5 Å². The quantitative estimate of drug-likeness (QED) is 0.690. The van der Waals surface area contributed by atoms with E-state index < -0.39 is 39.7 Å². The Bertz CT molecular complexity index is 1030. The number of nitrogen functional groups attached to an aromatic ring is 1. The molecule has 4 rings (SSSR count). The highest BCUT2D eigenvalue weighted by atomic mass is 19.1. The van der Waals surface area contributed by atoms with Crippen molar-refractivity contribution in [3.63, 3.8) is 0 Å². The van der Waals surface area contributed by atoms with Crippen LogP contribution in [0, 0.1) is 11.6 Å². The van der Waals surface area contributed by atoms with Gasteiger partial charge in [-0.2, -0.15) is 0 Å². The first-order chi connectivity index (χ1) is 13.3. The maximum absolute atomic E-state index is 15.6. The van der Waals surface area contributed by atoms with E-state index in [-0.39, 0.29) is 29.8 Å². The summed E-state index contributed by atoms with van der Waals surface area (Å²) in [6.07, 6.45) is 4.94. The van der Waals surface area contributed by atoms with Gasteiger partial charge in [-0.25, -0.2) is 13.6 Å². The molecule has 1 unspecified atom stereocenters. The minimum Gasteiger partial charge on any atom is -0.477 e. The van der Waals surface area contributed by atoms with Crippen LogP contribution in [-0.4, -0.2) is 34.8 Å². The summed E-state index contributed by atoms with van der Waals surface area (Å²) in [6.45, 7) is 0.701. The fourth-order valence-corrected chi connectivity index (χ4v) is 4.00. The fourth-order valence-electron chi connectivity index (χ4n) is 4.00. The molecule has 1 aliphatic carbocycles. The molecule has 0 spiro atoms. The zero-order valence-electron chi connectivity index (χ0n) is 15.3. The summed E-state index contributed by atoms with van der Waals surface area (Å²) in [5.41, 5.74) is 9.49. The predicted molar refractivity (Wildman–Crippen MR) is 102 cm³/mol. The van der Waals surface area contributed by atoms with Crippen molar-refractivity contribution < 1.29 is 18.7 Å². The first-order valence-electron chi connectivity index (χ1n) is 9.40. The topological polar surface area (TPSA) is 115 Å². The lowest BCUT2D eigenvalue weighted by Gasteiger charge is -2.27. The van der Waals surface area contributed by atoms with Gasteiger partial charge in [0.25, 0.3) is 0 Å². The van der Waals surface area contributed by atoms with Gasteiger partial charge in [0.2, 0.25) is 5.43 Å². The molecule has 1 aromatic carbocycles. The molecule has 2 fully saturated rings. The van der Waals surface area contributed by atoms with Gasteiger partial charge in [-0.1, -0.05) is 6.42 Å². The second kappa shape index (κ2) is 6.73. The maximum Gasteiger partial charge on any atom is 0.341 e. The lowest BCUT2D eigenvalue weighted by molar-refractivity contribution is 0.0695. The molecule has 7 nitrogen and oxygen atoms in total. The van der Waals surface area contributed by atoms with E-state index in [2.05, 4.69) is 0 Å². The zero-order valence-corrected chi connectivity index (χ0v) is 15.3. The number of anilines is 2. The van der Waals surface area contributed by atoms with Gasteiger partial charge in [0.15, 0.2) is 11.6 Å². The number of benzene rings is 1. The Balaban J connectivity index is 2.04. The van der Waals surface area contributed by atoms with Crippen molar-refractivity contribution in [2.45, 2.75) is 44.2 Å². The Morgan fingerprint density at radius 2 is 1.89 bits per heavy atom. The number of rotatable bonds is 3. The van der Waals surface area contributed by atoms with Gasteiger partial charge in [-0.05, 0) is 25.7 Å². The summed E-state index contributed by atoms with van der Waals surface area (Å²) < 4.78 is 32.2. The molecule has 2 heterocycles. The van der Waals surface area contributed by atoms with Crippen molar-refractivity contribution in [3.8, 4) is 0 Å². The van der Waals surface area contributed by atoms with Crippen LogP contribution in [0.15, 0.2) is 11.0 Å². The number of carbonyl (C=O) groups is 1. The SMILES string of the molecule is Nc1c(F)c(N2CCCCC(N)C2)c(F)c2c1c(=O)c(C(=O)O)cn2C1CC1. The van der Waals surface area contributed by atoms with Crippen LogP contribution in [0.2, 0.25) is 0 Å². The Morgan fingerprint density at radius 1 is 1.18 bits per heavy atom. The Hall–Kier alpha value is -2.68. The van der Waals surface area contributed by atoms with Crippen LogP contribution in [-0.2, 0) is 0 Å². The number of nitrogens with zero attached hydrogens (tertiary/aromatic N) is 2. The molecular formula is C19H22F2N4O3. The Morgan fingerprint density at radius 3 is 2.54 bits per heavy atom. The number of carboxylic acid groups (broad SMARTS) is 1. The summed E-state index contributed by atoms with van der Waals surface area (Å²) >= 11 is 0. The number of fused-ring (bicyclic) bond motifs is 1. The van der Waals surface area contributed by atoms with Gasteiger partial charge in [0, 0.05) is 31.4 Å². The summed E-state index contributed by atoms with van der Waals surface area (Å²) in [4.78, 5) is 25.7. The molecule has 9 heteroatoms. The number of carboxylic acids is 1. The summed E-state index contributed by atoms with van der Waals surface area (Å²) in [5, 5.41) is 8.92. The van der Waals surface area contributed by atoms with E-state index in [1.54, 1.807) is 4.90 Å². The molecule has 1 aliphatic heterocycles. The van der Waals surface area contributed by atoms with Gasteiger partial charge >= 0.3 is 5.97 Å². The second-order valence-corrected chi connectivity index (χ2v) is 7.63. The number of hydrogen-bond acceptors (Lipinski definition) is 5. The van der Waals surface area contributed by atoms with Gasteiger partial charge in [-0.3, -0.25) is 4.79 Å². The fraction of sp³-hybridized carbons (Fsp3) is 0.474. The average Bonchev–Trinajstić information content (AvgIpc) is 3.48. The van der Waals surface area contributed by atoms with E-state index in [9.17, 15) is 14.7 Å². The molecule has 1 atom stereocenters. The Kier molecular flexibility index (Phi) is 4.49. The van der Waals surface area contributed by atoms with Gasteiger partial charge in [0.05, 0.1) is 16.6 Å². The van der Waals surface area contributed by atoms with Gasteiger partial charge < -0.3 is 26.0 Å². The van der Waals surface area contributed by atoms with Crippen molar-refractivity contribution in [2.75, 3.05) is 23.7 Å². The van der Waals surface area contributed by atoms with E-state index in [1.807, 2.05) is 0 Å². The van der Waals surface area contributed by atoms with Gasteiger partial charge in [0.1, 0.15) is 11.3 Å². The number of halogens is 2. The smallest absolute Gasteiger partial charge is 0.341 e. The van der Waals surface area contributed by atoms with E-state index in [0.29, 0.717) is 6.54 Å². The average molecular weight is 392 g/mol. The number of aromatic nitrogens is 1. The maximum atomic E-state index is 15.6. The molecule has 1 saturated heterocycles. The highest BCUT2D eigenvalue weighted by Gasteiger charge is 2.33. The molecule has 2 aromatic rings. The van der Waals surface area contributed by atoms with Crippen molar-refractivity contribution in [1.82, 2.24) is 4.57 Å². The third-order valence-electron chi connectivity index (χ3n) is 5.56. The highest BCUT2D eigenvalue weighted by molar-refractivity contribution is 5.99.